The normalized spacial score (nSPS) is 45.3. The Balaban J connectivity index is 1.59. The van der Waals surface area contributed by atoms with Gasteiger partial charge in [0.2, 0.25) is 5.91 Å². The lowest BCUT2D eigenvalue weighted by Gasteiger charge is -2.43. The van der Waals surface area contributed by atoms with E-state index in [-0.39, 0.29) is 24.0 Å². The predicted molar refractivity (Wildman–Crippen MR) is 85.9 cm³/mol. The van der Waals surface area contributed by atoms with Crippen LogP contribution in [0, 0.1) is 17.8 Å². The van der Waals surface area contributed by atoms with Gasteiger partial charge in [-0.15, -0.1) is 0 Å². The third kappa shape index (κ3) is 1.42. The Morgan fingerprint density at radius 2 is 2.16 bits per heavy atom. The summed E-state index contributed by atoms with van der Waals surface area (Å²) in [5.74, 6) is -2.42. The number of benzene rings is 1. The van der Waals surface area contributed by atoms with Crippen LogP contribution in [0.25, 0.3) is 0 Å². The molecule has 0 aliphatic carbocycles. The van der Waals surface area contributed by atoms with Gasteiger partial charge in [0.15, 0.2) is 0 Å². The van der Waals surface area contributed by atoms with Crippen LogP contribution in [0.2, 0.25) is 0 Å². The van der Waals surface area contributed by atoms with Crippen molar-refractivity contribution in [2.45, 2.75) is 30.3 Å². The lowest BCUT2D eigenvalue weighted by molar-refractivity contribution is -0.146. The standard InChI is InChI=1S/C19H17NO5/c21-17-14-13(18(22)23)12-5-7-19(14,25-12)16-10-6-8-24-15(10)9-3-1-2-4-11(9)20(16)17/h1-5,7,10,12-16H,6,8H2,(H,22,23)/t10-,12+,13+,14-,15-,16+,19-/m0/s1. The molecule has 1 N–H and O–H groups in total. The molecule has 6 rings (SSSR count). The summed E-state index contributed by atoms with van der Waals surface area (Å²) in [5.41, 5.74) is 1.03. The Morgan fingerprint density at radius 1 is 1.32 bits per heavy atom. The highest BCUT2D eigenvalue weighted by Crippen LogP contribution is 2.62. The Morgan fingerprint density at radius 3 is 3.00 bits per heavy atom. The highest BCUT2D eigenvalue weighted by atomic mass is 16.5. The first-order valence-electron chi connectivity index (χ1n) is 8.77. The van der Waals surface area contributed by atoms with Crippen molar-refractivity contribution in [1.29, 1.82) is 0 Å². The minimum absolute atomic E-state index is 0.0571. The van der Waals surface area contributed by atoms with Crippen molar-refractivity contribution in [3.05, 3.63) is 42.0 Å². The molecule has 3 fully saturated rings. The molecule has 7 atom stereocenters. The molecule has 128 valence electrons. The predicted octanol–water partition coefficient (Wildman–Crippen LogP) is 1.52. The van der Waals surface area contributed by atoms with Gasteiger partial charge in [0.1, 0.15) is 11.5 Å². The monoisotopic (exact) mass is 339 g/mol. The summed E-state index contributed by atoms with van der Waals surface area (Å²) < 4.78 is 12.2. The van der Waals surface area contributed by atoms with Gasteiger partial charge in [-0.05, 0) is 12.5 Å². The van der Waals surface area contributed by atoms with E-state index in [1.165, 1.54) is 0 Å². The van der Waals surface area contributed by atoms with Crippen molar-refractivity contribution < 1.29 is 24.2 Å². The first-order chi connectivity index (χ1) is 12.1. The van der Waals surface area contributed by atoms with Gasteiger partial charge in [-0.25, -0.2) is 0 Å². The largest absolute Gasteiger partial charge is 0.481 e. The number of carbonyl (C=O) groups is 2. The van der Waals surface area contributed by atoms with Crippen LogP contribution in [0.1, 0.15) is 18.1 Å². The number of hydrogen-bond donors (Lipinski definition) is 1. The molecule has 2 bridgehead atoms. The quantitative estimate of drug-likeness (QED) is 0.785. The molecule has 1 amide bonds. The van der Waals surface area contributed by atoms with Crippen molar-refractivity contribution in [2.24, 2.45) is 17.8 Å². The number of hydrogen-bond acceptors (Lipinski definition) is 4. The van der Waals surface area contributed by atoms with Crippen LogP contribution >= 0.6 is 0 Å². The Bertz CT molecular complexity index is 850. The molecule has 6 heteroatoms. The second kappa shape index (κ2) is 4.31. The van der Waals surface area contributed by atoms with E-state index >= 15 is 0 Å². The minimum atomic E-state index is -0.957. The van der Waals surface area contributed by atoms with E-state index in [4.69, 9.17) is 9.47 Å². The number of amides is 1. The highest BCUT2D eigenvalue weighted by molar-refractivity contribution is 6.04. The molecule has 5 aliphatic heterocycles. The summed E-state index contributed by atoms with van der Waals surface area (Å²) in [6.45, 7) is 0.651. The summed E-state index contributed by atoms with van der Waals surface area (Å²) >= 11 is 0. The number of aliphatic carboxylic acids is 1. The van der Waals surface area contributed by atoms with E-state index < -0.39 is 29.5 Å². The Hall–Kier alpha value is -2.18. The van der Waals surface area contributed by atoms with E-state index in [1.807, 2.05) is 41.3 Å². The number of anilines is 1. The van der Waals surface area contributed by atoms with E-state index in [0.717, 1.165) is 17.7 Å². The van der Waals surface area contributed by atoms with Gasteiger partial charge < -0.3 is 19.5 Å². The summed E-state index contributed by atoms with van der Waals surface area (Å²) in [4.78, 5) is 27.0. The van der Waals surface area contributed by atoms with Crippen molar-refractivity contribution in [3.63, 3.8) is 0 Å². The molecule has 5 aliphatic rings. The first kappa shape index (κ1) is 14.0. The minimum Gasteiger partial charge on any atom is -0.481 e. The third-order valence-electron chi connectivity index (χ3n) is 6.66. The summed E-state index contributed by atoms with van der Waals surface area (Å²) in [6, 6.07) is 7.61. The van der Waals surface area contributed by atoms with Gasteiger partial charge in [0, 0.05) is 23.8 Å². The van der Waals surface area contributed by atoms with Crippen LogP contribution in [0.15, 0.2) is 36.4 Å². The van der Waals surface area contributed by atoms with Crippen molar-refractivity contribution >= 4 is 17.6 Å². The van der Waals surface area contributed by atoms with Gasteiger partial charge in [0.05, 0.1) is 24.2 Å². The number of nitrogens with zero attached hydrogens (tertiary/aromatic N) is 1. The second-order valence-corrected chi connectivity index (χ2v) is 7.59. The lowest BCUT2D eigenvalue weighted by atomic mass is 9.70. The number of carboxylic acid groups (broad SMARTS) is 1. The molecule has 3 saturated heterocycles. The maximum absolute atomic E-state index is 13.4. The fourth-order valence-electron chi connectivity index (χ4n) is 5.86. The average Bonchev–Trinajstić information content (AvgIpc) is 3.35. The van der Waals surface area contributed by atoms with E-state index in [1.54, 1.807) is 0 Å². The van der Waals surface area contributed by atoms with Gasteiger partial charge in [-0.1, -0.05) is 30.4 Å². The van der Waals surface area contributed by atoms with Crippen molar-refractivity contribution in [3.8, 4) is 0 Å². The average molecular weight is 339 g/mol. The molecule has 1 aromatic carbocycles. The Kier molecular flexibility index (Phi) is 2.42. The zero-order valence-corrected chi connectivity index (χ0v) is 13.4. The highest BCUT2D eigenvalue weighted by Gasteiger charge is 2.74. The topological polar surface area (TPSA) is 76.1 Å². The molecule has 25 heavy (non-hydrogen) atoms. The van der Waals surface area contributed by atoms with Crippen LogP contribution in [0.5, 0.6) is 0 Å². The smallest absolute Gasteiger partial charge is 0.310 e. The maximum atomic E-state index is 13.4. The van der Waals surface area contributed by atoms with Crippen molar-refractivity contribution in [1.82, 2.24) is 0 Å². The molecular weight excluding hydrogens is 322 g/mol. The van der Waals surface area contributed by atoms with Crippen LogP contribution in [0.3, 0.4) is 0 Å². The second-order valence-electron chi connectivity index (χ2n) is 7.59. The number of rotatable bonds is 1. The number of carbonyl (C=O) groups excluding carboxylic acids is 1. The molecule has 0 unspecified atom stereocenters. The van der Waals surface area contributed by atoms with Gasteiger partial charge >= 0.3 is 5.97 Å². The molecule has 6 nitrogen and oxygen atoms in total. The Labute approximate surface area is 144 Å². The van der Waals surface area contributed by atoms with Gasteiger partial charge in [-0.3, -0.25) is 9.59 Å². The van der Waals surface area contributed by atoms with Crippen molar-refractivity contribution in [2.75, 3.05) is 11.5 Å². The molecule has 0 saturated carbocycles. The fourth-order valence-corrected chi connectivity index (χ4v) is 5.86. The van der Waals surface area contributed by atoms with Crippen LogP contribution in [0.4, 0.5) is 5.69 Å². The molecule has 1 aromatic rings. The van der Waals surface area contributed by atoms with Crippen LogP contribution < -0.4 is 4.90 Å². The fraction of sp³-hybridized carbons (Fsp3) is 0.474. The SMILES string of the molecule is O=C(O)[C@H]1[C@H]2C(=O)N3c4ccccc4[C@@H]4OCC[C@@H]4[C@@H]3[C@]23C=C[C@H]1O3. The summed E-state index contributed by atoms with van der Waals surface area (Å²) in [7, 11) is 0. The third-order valence-corrected chi connectivity index (χ3v) is 6.66. The molecule has 5 heterocycles. The first-order valence-corrected chi connectivity index (χ1v) is 8.77. The zero-order valence-electron chi connectivity index (χ0n) is 13.4. The maximum Gasteiger partial charge on any atom is 0.310 e. The van der Waals surface area contributed by atoms with Crippen LogP contribution in [-0.2, 0) is 19.1 Å². The number of carboxylic acids is 1. The number of fused-ring (bicyclic) bond motifs is 7. The van der Waals surface area contributed by atoms with E-state index in [2.05, 4.69) is 0 Å². The molecule has 1 spiro atoms. The van der Waals surface area contributed by atoms with Gasteiger partial charge in [-0.2, -0.15) is 0 Å². The van der Waals surface area contributed by atoms with E-state index in [9.17, 15) is 14.7 Å². The zero-order chi connectivity index (χ0) is 16.9. The molecule has 0 radical (unpaired) electrons. The van der Waals surface area contributed by atoms with E-state index in [0.29, 0.717) is 6.61 Å². The summed E-state index contributed by atoms with van der Waals surface area (Å²) in [5, 5.41) is 9.70. The number of ether oxygens (including phenoxy) is 2. The van der Waals surface area contributed by atoms with Crippen LogP contribution in [-0.4, -0.2) is 41.3 Å². The molecular formula is C19H17NO5. The summed E-state index contributed by atoms with van der Waals surface area (Å²) in [6.07, 6.45) is 4.07. The number of para-hydroxylation sites is 1. The van der Waals surface area contributed by atoms with Gasteiger partial charge in [0.25, 0.3) is 0 Å². The lowest BCUT2D eigenvalue weighted by Crippen LogP contribution is -2.53. The molecule has 0 aromatic heterocycles.